The Morgan fingerprint density at radius 2 is 1.86 bits per heavy atom. The van der Waals surface area contributed by atoms with Gasteiger partial charge < -0.3 is 9.64 Å². The molecule has 0 aliphatic carbocycles. The molecule has 3 rings (SSSR count). The zero-order valence-electron chi connectivity index (χ0n) is 12.0. The van der Waals surface area contributed by atoms with Crippen LogP contribution in [0.4, 0.5) is 0 Å². The van der Waals surface area contributed by atoms with Crippen LogP contribution in [-0.2, 0) is 0 Å². The summed E-state index contributed by atoms with van der Waals surface area (Å²) in [6.07, 6.45) is 6.85. The smallest absolute Gasteiger partial charge is 0.274 e. The monoisotopic (exact) mass is 330 g/mol. The Bertz CT molecular complexity index is 510. The van der Waals surface area contributed by atoms with Gasteiger partial charge >= 0.3 is 0 Å². The molecule has 1 aromatic rings. The second kappa shape index (κ2) is 6.84. The number of ether oxygens (including phenoxy) is 1. The van der Waals surface area contributed by atoms with E-state index in [1.54, 1.807) is 19.2 Å². The van der Waals surface area contributed by atoms with Crippen molar-refractivity contribution in [3.05, 3.63) is 22.8 Å². The summed E-state index contributed by atoms with van der Waals surface area (Å²) < 4.78 is 5.10. The van der Waals surface area contributed by atoms with Crippen molar-refractivity contribution in [3.8, 4) is 5.88 Å². The second-order valence-electron chi connectivity index (χ2n) is 5.57. The molecule has 2 fully saturated rings. The molecule has 6 heteroatoms. The van der Waals surface area contributed by atoms with Gasteiger partial charge in [-0.1, -0.05) is 24.4 Å². The molecule has 116 valence electrons. The van der Waals surface area contributed by atoms with E-state index in [-0.39, 0.29) is 18.3 Å². The van der Waals surface area contributed by atoms with Crippen molar-refractivity contribution in [2.24, 2.45) is 0 Å². The van der Waals surface area contributed by atoms with Gasteiger partial charge in [-0.3, -0.25) is 4.79 Å². The minimum atomic E-state index is -0.0386. The first-order valence-corrected chi connectivity index (χ1v) is 7.61. The van der Waals surface area contributed by atoms with Crippen LogP contribution in [0.5, 0.6) is 5.88 Å². The lowest BCUT2D eigenvalue weighted by Gasteiger charge is -2.28. The molecule has 0 spiro atoms. The maximum absolute atomic E-state index is 12.8. The van der Waals surface area contributed by atoms with Gasteiger partial charge in [0.25, 0.3) is 5.91 Å². The van der Waals surface area contributed by atoms with Gasteiger partial charge in [0.2, 0.25) is 5.88 Å². The first-order chi connectivity index (χ1) is 9.70. The lowest BCUT2D eigenvalue weighted by atomic mass is 10.0. The first kappa shape index (κ1) is 16.4. The fourth-order valence-corrected chi connectivity index (χ4v) is 3.62. The van der Waals surface area contributed by atoms with Gasteiger partial charge in [-0.15, -0.1) is 12.4 Å². The van der Waals surface area contributed by atoms with Crippen molar-refractivity contribution >= 4 is 29.9 Å². The minimum Gasteiger partial charge on any atom is -0.481 e. The third kappa shape index (κ3) is 3.11. The Labute approximate surface area is 136 Å². The molecule has 0 saturated carbocycles. The van der Waals surface area contributed by atoms with E-state index in [0.29, 0.717) is 28.7 Å². The number of carbonyl (C=O) groups is 1. The van der Waals surface area contributed by atoms with Crippen LogP contribution in [0.15, 0.2) is 12.1 Å². The molecule has 0 N–H and O–H groups in total. The molecule has 1 amide bonds. The van der Waals surface area contributed by atoms with Crippen molar-refractivity contribution < 1.29 is 9.53 Å². The predicted octanol–water partition coefficient (Wildman–Crippen LogP) is 3.71. The van der Waals surface area contributed by atoms with Crippen molar-refractivity contribution in [1.82, 2.24) is 9.88 Å². The summed E-state index contributed by atoms with van der Waals surface area (Å²) in [5, 5.41) is 0.402. The van der Waals surface area contributed by atoms with Crippen LogP contribution < -0.4 is 4.74 Å². The summed E-state index contributed by atoms with van der Waals surface area (Å²) >= 11 is 6.16. The highest BCUT2D eigenvalue weighted by atomic mass is 35.5. The van der Waals surface area contributed by atoms with E-state index >= 15 is 0 Å². The molecule has 21 heavy (non-hydrogen) atoms. The number of aromatic nitrogens is 1. The van der Waals surface area contributed by atoms with Crippen LogP contribution in [0.25, 0.3) is 0 Å². The highest BCUT2D eigenvalue weighted by Gasteiger charge is 2.39. The van der Waals surface area contributed by atoms with Crippen LogP contribution in [0, 0.1) is 0 Å². The maximum Gasteiger partial charge on any atom is 0.274 e. The van der Waals surface area contributed by atoms with Crippen LogP contribution in [0.1, 0.15) is 49.0 Å². The quantitative estimate of drug-likeness (QED) is 0.830. The number of rotatable bonds is 2. The number of hydrogen-bond donors (Lipinski definition) is 0. The number of carbonyl (C=O) groups excluding carboxylic acids is 1. The van der Waals surface area contributed by atoms with Gasteiger partial charge in [0.1, 0.15) is 0 Å². The Balaban J connectivity index is 0.00000161. The Hall–Kier alpha value is -1.00. The zero-order valence-corrected chi connectivity index (χ0v) is 13.6. The lowest BCUT2D eigenvalue weighted by Crippen LogP contribution is -2.40. The summed E-state index contributed by atoms with van der Waals surface area (Å²) in [5.41, 5.74) is 0.324. The molecule has 2 saturated heterocycles. The van der Waals surface area contributed by atoms with Gasteiger partial charge in [0.15, 0.2) is 5.69 Å². The summed E-state index contributed by atoms with van der Waals surface area (Å²) in [7, 11) is 1.54. The van der Waals surface area contributed by atoms with Crippen LogP contribution in [0.3, 0.4) is 0 Å². The Morgan fingerprint density at radius 1 is 1.24 bits per heavy atom. The average Bonchev–Trinajstić information content (AvgIpc) is 2.72. The van der Waals surface area contributed by atoms with E-state index in [0.717, 1.165) is 25.7 Å². The van der Waals surface area contributed by atoms with E-state index in [1.807, 2.05) is 4.90 Å². The number of fused-ring (bicyclic) bond motifs is 2. The number of methoxy groups -OCH3 is 1. The standard InChI is InChI=1S/C15H19ClN2O2.ClH/c1-20-13-9-8-12(16)14(17-13)15(19)18-10-4-2-3-5-11(18)7-6-10;/h8-11H,2-7H2,1H3;1H. The number of hydrogen-bond acceptors (Lipinski definition) is 3. The van der Waals surface area contributed by atoms with Gasteiger partial charge in [-0.2, -0.15) is 0 Å². The predicted molar refractivity (Wildman–Crippen MR) is 84.5 cm³/mol. The fraction of sp³-hybridized carbons (Fsp3) is 0.600. The van der Waals surface area contributed by atoms with Gasteiger partial charge in [-0.25, -0.2) is 4.98 Å². The van der Waals surface area contributed by atoms with Crippen molar-refractivity contribution in [2.75, 3.05) is 7.11 Å². The normalized spacial score (nSPS) is 24.2. The van der Waals surface area contributed by atoms with E-state index in [2.05, 4.69) is 4.98 Å². The molecular formula is C15H20Cl2N2O2. The summed E-state index contributed by atoms with van der Waals surface area (Å²) in [6, 6.07) is 4.08. The molecule has 2 unspecified atom stereocenters. The molecule has 0 radical (unpaired) electrons. The lowest BCUT2D eigenvalue weighted by molar-refractivity contribution is 0.0664. The van der Waals surface area contributed by atoms with Crippen molar-refractivity contribution in [2.45, 2.75) is 50.6 Å². The topological polar surface area (TPSA) is 42.4 Å². The van der Waals surface area contributed by atoms with Crippen molar-refractivity contribution in [1.29, 1.82) is 0 Å². The average molecular weight is 331 g/mol. The van der Waals surface area contributed by atoms with Crippen LogP contribution >= 0.6 is 24.0 Å². The molecule has 2 atom stereocenters. The molecule has 0 aromatic carbocycles. The summed E-state index contributed by atoms with van der Waals surface area (Å²) in [5.74, 6) is 0.392. The molecule has 3 heterocycles. The molecule has 2 aliphatic rings. The van der Waals surface area contributed by atoms with Crippen LogP contribution in [-0.4, -0.2) is 35.0 Å². The molecular weight excluding hydrogens is 311 g/mol. The second-order valence-corrected chi connectivity index (χ2v) is 5.97. The van der Waals surface area contributed by atoms with E-state index in [4.69, 9.17) is 16.3 Å². The maximum atomic E-state index is 12.8. The number of nitrogens with zero attached hydrogens (tertiary/aromatic N) is 2. The highest BCUT2D eigenvalue weighted by Crippen LogP contribution is 2.36. The fourth-order valence-electron chi connectivity index (χ4n) is 3.43. The minimum absolute atomic E-state index is 0. The van der Waals surface area contributed by atoms with E-state index in [1.165, 1.54) is 12.8 Å². The van der Waals surface area contributed by atoms with Gasteiger partial charge in [0, 0.05) is 18.2 Å². The first-order valence-electron chi connectivity index (χ1n) is 7.24. The van der Waals surface area contributed by atoms with E-state index < -0.39 is 0 Å². The van der Waals surface area contributed by atoms with Gasteiger partial charge in [0.05, 0.1) is 12.1 Å². The number of pyridine rings is 1. The zero-order chi connectivity index (χ0) is 14.1. The Kier molecular flexibility index (Phi) is 5.33. The van der Waals surface area contributed by atoms with Gasteiger partial charge in [-0.05, 0) is 31.7 Å². The molecule has 1 aromatic heterocycles. The number of halogens is 2. The third-order valence-corrected chi connectivity index (χ3v) is 4.72. The number of amides is 1. The molecule has 2 bridgehead atoms. The third-order valence-electron chi connectivity index (χ3n) is 4.41. The highest BCUT2D eigenvalue weighted by molar-refractivity contribution is 6.33. The van der Waals surface area contributed by atoms with Crippen LogP contribution in [0.2, 0.25) is 5.02 Å². The Morgan fingerprint density at radius 3 is 2.43 bits per heavy atom. The van der Waals surface area contributed by atoms with E-state index in [9.17, 15) is 4.79 Å². The SMILES string of the molecule is COc1ccc(Cl)c(C(=O)N2C3CCCCC2CC3)n1.Cl. The molecule has 4 nitrogen and oxygen atoms in total. The van der Waals surface area contributed by atoms with Crippen molar-refractivity contribution in [3.63, 3.8) is 0 Å². The molecule has 2 aliphatic heterocycles. The largest absolute Gasteiger partial charge is 0.481 e. The summed E-state index contributed by atoms with van der Waals surface area (Å²) in [6.45, 7) is 0. The summed E-state index contributed by atoms with van der Waals surface area (Å²) in [4.78, 5) is 19.1.